The van der Waals surface area contributed by atoms with Crippen LogP contribution in [0.15, 0.2) is 0 Å². The highest BCUT2D eigenvalue weighted by Crippen LogP contribution is 2.28. The molecule has 0 aliphatic heterocycles. The molecule has 0 spiro atoms. The van der Waals surface area contributed by atoms with Crippen LogP contribution in [0.5, 0.6) is 0 Å². The summed E-state index contributed by atoms with van der Waals surface area (Å²) in [6, 6.07) is -0.153. The van der Waals surface area contributed by atoms with Crippen LogP contribution < -0.4 is 10.6 Å². The summed E-state index contributed by atoms with van der Waals surface area (Å²) in [6.07, 6.45) is 3.95. The molecule has 0 atom stereocenters. The highest BCUT2D eigenvalue weighted by molar-refractivity contribution is 5.74. The molecule has 15 heavy (non-hydrogen) atoms. The zero-order valence-corrected chi connectivity index (χ0v) is 9.68. The fourth-order valence-electron chi connectivity index (χ4n) is 1.96. The molecule has 1 aliphatic rings. The van der Waals surface area contributed by atoms with Gasteiger partial charge in [0.15, 0.2) is 0 Å². The van der Waals surface area contributed by atoms with Gasteiger partial charge in [0.05, 0.1) is 12.1 Å². The molecule has 4 heteroatoms. The van der Waals surface area contributed by atoms with E-state index in [2.05, 4.69) is 24.5 Å². The fraction of sp³-hybridized carbons (Fsp3) is 0.909. The average Bonchev–Trinajstić information content (AvgIpc) is 2.64. The van der Waals surface area contributed by atoms with Crippen LogP contribution in [0.1, 0.15) is 39.5 Å². The van der Waals surface area contributed by atoms with Gasteiger partial charge in [-0.05, 0) is 18.8 Å². The number of urea groups is 1. The zero-order valence-electron chi connectivity index (χ0n) is 9.68. The van der Waals surface area contributed by atoms with Gasteiger partial charge in [0.25, 0.3) is 0 Å². The maximum atomic E-state index is 11.5. The molecule has 3 N–H and O–H groups in total. The summed E-state index contributed by atoms with van der Waals surface area (Å²) in [7, 11) is 0. The van der Waals surface area contributed by atoms with Gasteiger partial charge in [-0.2, -0.15) is 0 Å². The molecule has 0 aromatic rings. The summed E-state index contributed by atoms with van der Waals surface area (Å²) in [6.45, 7) is 4.82. The highest BCUT2D eigenvalue weighted by atomic mass is 16.3. The SMILES string of the molecule is CC(C)CNC(=O)NC1(CO)CCCC1. The van der Waals surface area contributed by atoms with Gasteiger partial charge in [-0.25, -0.2) is 4.79 Å². The monoisotopic (exact) mass is 214 g/mol. The molecular formula is C11H22N2O2. The minimum absolute atomic E-state index is 0.0437. The third kappa shape index (κ3) is 3.70. The van der Waals surface area contributed by atoms with E-state index in [4.69, 9.17) is 0 Å². The van der Waals surface area contributed by atoms with E-state index in [1.165, 1.54) is 0 Å². The first-order chi connectivity index (χ1) is 7.08. The molecule has 0 heterocycles. The van der Waals surface area contributed by atoms with E-state index in [0.29, 0.717) is 12.5 Å². The number of hydrogen-bond acceptors (Lipinski definition) is 2. The lowest BCUT2D eigenvalue weighted by molar-refractivity contribution is 0.162. The number of aliphatic hydroxyl groups is 1. The maximum Gasteiger partial charge on any atom is 0.315 e. The van der Waals surface area contributed by atoms with Crippen molar-refractivity contribution in [1.82, 2.24) is 10.6 Å². The van der Waals surface area contributed by atoms with Crippen molar-refractivity contribution in [3.63, 3.8) is 0 Å². The summed E-state index contributed by atoms with van der Waals surface area (Å²) < 4.78 is 0. The summed E-state index contributed by atoms with van der Waals surface area (Å²) in [4.78, 5) is 11.5. The molecule has 1 aliphatic carbocycles. The Morgan fingerprint density at radius 3 is 2.47 bits per heavy atom. The van der Waals surface area contributed by atoms with Crippen LogP contribution >= 0.6 is 0 Å². The molecule has 0 bridgehead atoms. The van der Waals surface area contributed by atoms with Crippen molar-refractivity contribution >= 4 is 6.03 Å². The second-order valence-corrected chi connectivity index (χ2v) is 4.87. The van der Waals surface area contributed by atoms with E-state index < -0.39 is 0 Å². The summed E-state index contributed by atoms with van der Waals surface area (Å²) in [5.74, 6) is 0.449. The second kappa shape index (κ2) is 5.35. The average molecular weight is 214 g/mol. The molecule has 1 rings (SSSR count). The Kier molecular flexibility index (Phi) is 4.39. The van der Waals surface area contributed by atoms with Crippen LogP contribution in [-0.4, -0.2) is 29.8 Å². The van der Waals surface area contributed by atoms with Gasteiger partial charge in [-0.1, -0.05) is 26.7 Å². The van der Waals surface area contributed by atoms with Crippen LogP contribution in [-0.2, 0) is 0 Å². The lowest BCUT2D eigenvalue weighted by atomic mass is 9.99. The largest absolute Gasteiger partial charge is 0.394 e. The number of amides is 2. The molecule has 1 saturated carbocycles. The number of aliphatic hydroxyl groups excluding tert-OH is 1. The molecule has 88 valence electrons. The van der Waals surface area contributed by atoms with Crippen LogP contribution in [0.3, 0.4) is 0 Å². The smallest absolute Gasteiger partial charge is 0.315 e. The number of rotatable bonds is 4. The molecule has 4 nitrogen and oxygen atoms in total. The Labute approximate surface area is 91.4 Å². The van der Waals surface area contributed by atoms with Crippen molar-refractivity contribution in [3.05, 3.63) is 0 Å². The number of nitrogens with one attached hydrogen (secondary N) is 2. The molecule has 0 saturated heterocycles. The first kappa shape index (κ1) is 12.3. The number of hydrogen-bond donors (Lipinski definition) is 3. The Morgan fingerprint density at radius 1 is 1.40 bits per heavy atom. The topological polar surface area (TPSA) is 61.4 Å². The van der Waals surface area contributed by atoms with E-state index in [1.54, 1.807) is 0 Å². The second-order valence-electron chi connectivity index (χ2n) is 4.87. The van der Waals surface area contributed by atoms with Crippen molar-refractivity contribution < 1.29 is 9.90 Å². The minimum Gasteiger partial charge on any atom is -0.394 e. The molecule has 1 fully saturated rings. The van der Waals surface area contributed by atoms with E-state index in [1.807, 2.05) is 0 Å². The molecule has 2 amide bonds. The van der Waals surface area contributed by atoms with Crippen LogP contribution in [0.2, 0.25) is 0 Å². The quantitative estimate of drug-likeness (QED) is 0.659. The summed E-state index contributed by atoms with van der Waals surface area (Å²) in [5, 5.41) is 15.0. The van der Waals surface area contributed by atoms with Crippen LogP contribution in [0.4, 0.5) is 4.79 Å². The lowest BCUT2D eigenvalue weighted by Crippen LogP contribution is -2.53. The van der Waals surface area contributed by atoms with Gasteiger partial charge in [-0.3, -0.25) is 0 Å². The Bertz CT molecular complexity index is 211. The fourth-order valence-corrected chi connectivity index (χ4v) is 1.96. The predicted octanol–water partition coefficient (Wildman–Crippen LogP) is 1.25. The zero-order chi connectivity index (χ0) is 11.3. The summed E-state index contributed by atoms with van der Waals surface area (Å²) in [5.41, 5.74) is -0.360. The van der Waals surface area contributed by atoms with Gasteiger partial charge in [0.1, 0.15) is 0 Å². The standard InChI is InChI=1S/C11H22N2O2/c1-9(2)7-12-10(15)13-11(8-14)5-3-4-6-11/h9,14H,3-8H2,1-2H3,(H2,12,13,15). The number of carbonyl (C=O) groups is 1. The molecule has 0 aromatic carbocycles. The number of carbonyl (C=O) groups excluding carboxylic acids is 1. The minimum atomic E-state index is -0.360. The van der Waals surface area contributed by atoms with Gasteiger partial charge in [0.2, 0.25) is 0 Å². The van der Waals surface area contributed by atoms with Crippen molar-refractivity contribution in [2.24, 2.45) is 5.92 Å². The third-order valence-corrected chi connectivity index (χ3v) is 2.91. The van der Waals surface area contributed by atoms with Crippen LogP contribution in [0, 0.1) is 5.92 Å². The van der Waals surface area contributed by atoms with Crippen LogP contribution in [0.25, 0.3) is 0 Å². The van der Waals surface area contributed by atoms with Gasteiger partial charge in [-0.15, -0.1) is 0 Å². The molecule has 0 unspecified atom stereocenters. The van der Waals surface area contributed by atoms with Crippen molar-refractivity contribution in [1.29, 1.82) is 0 Å². The molecule has 0 radical (unpaired) electrons. The normalized spacial score (nSPS) is 19.2. The first-order valence-corrected chi connectivity index (χ1v) is 5.75. The van der Waals surface area contributed by atoms with E-state index in [0.717, 1.165) is 25.7 Å². The van der Waals surface area contributed by atoms with Gasteiger partial charge >= 0.3 is 6.03 Å². The summed E-state index contributed by atoms with van der Waals surface area (Å²) >= 11 is 0. The Balaban J connectivity index is 2.35. The van der Waals surface area contributed by atoms with Gasteiger partial charge < -0.3 is 15.7 Å². The van der Waals surface area contributed by atoms with E-state index in [-0.39, 0.29) is 18.2 Å². The van der Waals surface area contributed by atoms with Crippen molar-refractivity contribution in [2.45, 2.75) is 45.1 Å². The van der Waals surface area contributed by atoms with E-state index >= 15 is 0 Å². The van der Waals surface area contributed by atoms with Gasteiger partial charge in [0, 0.05) is 6.54 Å². The third-order valence-electron chi connectivity index (χ3n) is 2.91. The highest BCUT2D eigenvalue weighted by Gasteiger charge is 2.34. The lowest BCUT2D eigenvalue weighted by Gasteiger charge is -2.28. The molecule has 0 aromatic heterocycles. The van der Waals surface area contributed by atoms with Crippen molar-refractivity contribution in [3.8, 4) is 0 Å². The van der Waals surface area contributed by atoms with Crippen molar-refractivity contribution in [2.75, 3.05) is 13.2 Å². The molecular weight excluding hydrogens is 192 g/mol. The maximum absolute atomic E-state index is 11.5. The first-order valence-electron chi connectivity index (χ1n) is 5.75. The predicted molar refractivity (Wildman–Crippen MR) is 59.7 cm³/mol. The Hall–Kier alpha value is -0.770. The van der Waals surface area contributed by atoms with E-state index in [9.17, 15) is 9.90 Å². The Morgan fingerprint density at radius 2 is 2.00 bits per heavy atom.